The summed E-state index contributed by atoms with van der Waals surface area (Å²) in [7, 11) is 0. The SMILES string of the molecule is CCCC(N)C(=O)Nc1cccc(C(=O)Nc2ccccc2)c1C.Cl. The van der Waals surface area contributed by atoms with E-state index in [4.69, 9.17) is 5.73 Å². The van der Waals surface area contributed by atoms with E-state index in [1.54, 1.807) is 25.1 Å². The molecule has 1 atom stereocenters. The van der Waals surface area contributed by atoms with Gasteiger partial charge in [-0.25, -0.2) is 0 Å². The molecule has 0 radical (unpaired) electrons. The molecule has 4 N–H and O–H groups in total. The van der Waals surface area contributed by atoms with Crippen LogP contribution in [-0.4, -0.2) is 17.9 Å². The molecule has 6 heteroatoms. The monoisotopic (exact) mass is 361 g/mol. The zero-order valence-corrected chi connectivity index (χ0v) is 15.2. The molecule has 5 nitrogen and oxygen atoms in total. The highest BCUT2D eigenvalue weighted by Gasteiger charge is 2.16. The Morgan fingerprint density at radius 3 is 2.36 bits per heavy atom. The number of halogens is 1. The molecule has 25 heavy (non-hydrogen) atoms. The van der Waals surface area contributed by atoms with Crippen LogP contribution in [-0.2, 0) is 4.79 Å². The number of anilines is 2. The Hall–Kier alpha value is -2.37. The van der Waals surface area contributed by atoms with Crippen molar-refractivity contribution in [2.75, 3.05) is 10.6 Å². The molecule has 0 fully saturated rings. The minimum Gasteiger partial charge on any atom is -0.324 e. The van der Waals surface area contributed by atoms with Crippen LogP contribution in [0, 0.1) is 6.92 Å². The zero-order chi connectivity index (χ0) is 17.5. The van der Waals surface area contributed by atoms with E-state index in [0.717, 1.165) is 12.1 Å². The third-order valence-corrected chi connectivity index (χ3v) is 3.80. The molecule has 2 amide bonds. The van der Waals surface area contributed by atoms with Crippen molar-refractivity contribution in [1.29, 1.82) is 0 Å². The molecule has 0 saturated heterocycles. The molecule has 134 valence electrons. The van der Waals surface area contributed by atoms with Gasteiger partial charge in [-0.1, -0.05) is 37.6 Å². The third-order valence-electron chi connectivity index (χ3n) is 3.80. The smallest absolute Gasteiger partial charge is 0.256 e. The fourth-order valence-corrected chi connectivity index (χ4v) is 2.40. The number of nitrogens with two attached hydrogens (primary N) is 1. The Morgan fingerprint density at radius 1 is 1.04 bits per heavy atom. The Morgan fingerprint density at radius 2 is 1.72 bits per heavy atom. The van der Waals surface area contributed by atoms with Crippen LogP contribution >= 0.6 is 12.4 Å². The maximum atomic E-state index is 12.5. The number of hydrogen-bond donors (Lipinski definition) is 3. The first-order valence-electron chi connectivity index (χ1n) is 8.05. The van der Waals surface area contributed by atoms with Gasteiger partial charge >= 0.3 is 0 Å². The highest BCUT2D eigenvalue weighted by Crippen LogP contribution is 2.20. The van der Waals surface area contributed by atoms with E-state index < -0.39 is 6.04 Å². The lowest BCUT2D eigenvalue weighted by molar-refractivity contribution is -0.117. The second-order valence-corrected chi connectivity index (χ2v) is 5.68. The Balaban J connectivity index is 0.00000312. The molecule has 0 aromatic heterocycles. The number of benzene rings is 2. The van der Waals surface area contributed by atoms with E-state index in [1.165, 1.54) is 0 Å². The number of carbonyl (C=O) groups excluding carboxylic acids is 2. The minimum atomic E-state index is -0.545. The summed E-state index contributed by atoms with van der Waals surface area (Å²) in [5, 5.41) is 5.66. The van der Waals surface area contributed by atoms with E-state index >= 15 is 0 Å². The Kier molecular flexibility index (Phi) is 8.11. The molecule has 0 bridgehead atoms. The molecule has 2 aromatic rings. The van der Waals surface area contributed by atoms with Gasteiger partial charge in [0.05, 0.1) is 6.04 Å². The van der Waals surface area contributed by atoms with E-state index in [-0.39, 0.29) is 24.2 Å². The van der Waals surface area contributed by atoms with Crippen molar-refractivity contribution in [3.8, 4) is 0 Å². The Labute approximate surface area is 154 Å². The van der Waals surface area contributed by atoms with Gasteiger partial charge in [0.15, 0.2) is 0 Å². The van der Waals surface area contributed by atoms with E-state index in [2.05, 4.69) is 10.6 Å². The number of rotatable bonds is 6. The maximum absolute atomic E-state index is 12.5. The summed E-state index contributed by atoms with van der Waals surface area (Å²) in [5.74, 6) is -0.451. The standard InChI is InChI=1S/C19H23N3O2.ClH/c1-3-8-16(20)19(24)22-17-12-7-11-15(13(17)2)18(23)21-14-9-5-4-6-10-14;/h4-7,9-12,16H,3,8,20H2,1-2H3,(H,21,23)(H,22,24);1H. The normalized spacial score (nSPS) is 11.2. The van der Waals surface area contributed by atoms with Gasteiger partial charge in [0, 0.05) is 16.9 Å². The Bertz CT molecular complexity index is 720. The van der Waals surface area contributed by atoms with Gasteiger partial charge in [-0.15, -0.1) is 12.4 Å². The van der Waals surface area contributed by atoms with Crippen molar-refractivity contribution in [1.82, 2.24) is 0 Å². The van der Waals surface area contributed by atoms with Gasteiger partial charge in [-0.05, 0) is 43.2 Å². The summed E-state index contributed by atoms with van der Waals surface area (Å²) < 4.78 is 0. The summed E-state index contributed by atoms with van der Waals surface area (Å²) in [5.41, 5.74) is 8.39. The number of nitrogens with one attached hydrogen (secondary N) is 2. The van der Waals surface area contributed by atoms with Crippen molar-refractivity contribution in [2.24, 2.45) is 5.73 Å². The number of para-hydroxylation sites is 1. The van der Waals surface area contributed by atoms with Crippen LogP contribution in [0.25, 0.3) is 0 Å². The second kappa shape index (κ2) is 9.81. The molecular formula is C19H24ClN3O2. The molecule has 2 rings (SSSR count). The largest absolute Gasteiger partial charge is 0.324 e. The fourth-order valence-electron chi connectivity index (χ4n) is 2.40. The zero-order valence-electron chi connectivity index (χ0n) is 14.4. The first-order valence-corrected chi connectivity index (χ1v) is 8.05. The molecule has 0 heterocycles. The minimum absolute atomic E-state index is 0. The second-order valence-electron chi connectivity index (χ2n) is 5.68. The fraction of sp³-hybridized carbons (Fsp3) is 0.263. The lowest BCUT2D eigenvalue weighted by Crippen LogP contribution is -2.35. The van der Waals surface area contributed by atoms with Crippen LogP contribution in [0.2, 0.25) is 0 Å². The molecule has 0 aliphatic heterocycles. The first kappa shape index (κ1) is 20.7. The van der Waals surface area contributed by atoms with Crippen LogP contribution in [0.5, 0.6) is 0 Å². The van der Waals surface area contributed by atoms with Crippen molar-refractivity contribution in [2.45, 2.75) is 32.7 Å². The van der Waals surface area contributed by atoms with Gasteiger partial charge in [0.2, 0.25) is 5.91 Å². The van der Waals surface area contributed by atoms with Crippen LogP contribution in [0.1, 0.15) is 35.7 Å². The average Bonchev–Trinajstić information content (AvgIpc) is 2.57. The van der Waals surface area contributed by atoms with Crippen molar-refractivity contribution in [3.05, 3.63) is 59.7 Å². The number of amides is 2. The summed E-state index contributed by atoms with van der Waals surface area (Å²) in [4.78, 5) is 24.6. The quantitative estimate of drug-likeness (QED) is 0.732. The van der Waals surface area contributed by atoms with E-state index in [1.807, 2.05) is 37.3 Å². The van der Waals surface area contributed by atoms with Gasteiger partial charge in [0.25, 0.3) is 5.91 Å². The topological polar surface area (TPSA) is 84.2 Å². The van der Waals surface area contributed by atoms with Crippen LogP contribution < -0.4 is 16.4 Å². The first-order chi connectivity index (χ1) is 11.5. The molecule has 2 aromatic carbocycles. The predicted octanol–water partition coefficient (Wildman–Crippen LogP) is 3.74. The van der Waals surface area contributed by atoms with Crippen molar-refractivity contribution in [3.63, 3.8) is 0 Å². The lowest BCUT2D eigenvalue weighted by atomic mass is 10.0. The molecule has 0 saturated carbocycles. The van der Waals surface area contributed by atoms with Crippen LogP contribution in [0.3, 0.4) is 0 Å². The van der Waals surface area contributed by atoms with Crippen molar-refractivity contribution < 1.29 is 9.59 Å². The van der Waals surface area contributed by atoms with Crippen molar-refractivity contribution >= 4 is 35.6 Å². The van der Waals surface area contributed by atoms with Gasteiger partial charge in [0.1, 0.15) is 0 Å². The average molecular weight is 362 g/mol. The molecule has 0 spiro atoms. The molecule has 0 aliphatic rings. The van der Waals surface area contributed by atoms with Gasteiger partial charge in [-0.2, -0.15) is 0 Å². The highest BCUT2D eigenvalue weighted by molar-refractivity contribution is 6.07. The van der Waals surface area contributed by atoms with Gasteiger partial charge in [-0.3, -0.25) is 9.59 Å². The molecule has 1 unspecified atom stereocenters. The van der Waals surface area contributed by atoms with Gasteiger partial charge < -0.3 is 16.4 Å². The molecular weight excluding hydrogens is 338 g/mol. The third kappa shape index (κ3) is 5.59. The van der Waals surface area contributed by atoms with Crippen LogP contribution in [0.15, 0.2) is 48.5 Å². The lowest BCUT2D eigenvalue weighted by Gasteiger charge is -2.15. The number of hydrogen-bond acceptors (Lipinski definition) is 3. The summed E-state index contributed by atoms with van der Waals surface area (Å²) in [6.07, 6.45) is 1.46. The highest BCUT2D eigenvalue weighted by atomic mass is 35.5. The predicted molar refractivity (Wildman–Crippen MR) is 104 cm³/mol. The van der Waals surface area contributed by atoms with E-state index in [0.29, 0.717) is 23.2 Å². The summed E-state index contributed by atoms with van der Waals surface area (Å²) >= 11 is 0. The van der Waals surface area contributed by atoms with E-state index in [9.17, 15) is 9.59 Å². The summed E-state index contributed by atoms with van der Waals surface area (Å²) in [6.45, 7) is 3.79. The molecule has 0 aliphatic carbocycles. The van der Waals surface area contributed by atoms with Crippen LogP contribution in [0.4, 0.5) is 11.4 Å². The maximum Gasteiger partial charge on any atom is 0.256 e. The number of carbonyl (C=O) groups is 2. The summed E-state index contributed by atoms with van der Waals surface area (Å²) in [6, 6.07) is 13.9.